The van der Waals surface area contributed by atoms with Crippen molar-refractivity contribution in [3.05, 3.63) is 0 Å². The van der Waals surface area contributed by atoms with E-state index in [1.165, 1.54) is 0 Å². The number of carbonyl (C=O) groups is 1. The van der Waals surface area contributed by atoms with Crippen molar-refractivity contribution in [2.45, 2.75) is 40.0 Å². The molecular formula is C12H23NO2. The smallest absolute Gasteiger partial charge is 0.223 e. The molecule has 1 N–H and O–H groups in total. The SMILES string of the molecule is CC(C)(C)CC(=O)N1CCCC(CO)C1. The fraction of sp³-hybridized carbons (Fsp3) is 0.917. The third-order valence-corrected chi connectivity index (χ3v) is 2.81. The van der Waals surface area contributed by atoms with Gasteiger partial charge in [0, 0.05) is 26.1 Å². The lowest BCUT2D eigenvalue weighted by Crippen LogP contribution is -2.42. The normalized spacial score (nSPS) is 22.9. The summed E-state index contributed by atoms with van der Waals surface area (Å²) in [7, 11) is 0. The van der Waals surface area contributed by atoms with Gasteiger partial charge in [-0.1, -0.05) is 20.8 Å². The van der Waals surface area contributed by atoms with Crippen molar-refractivity contribution >= 4 is 5.91 Å². The molecule has 1 unspecified atom stereocenters. The molecule has 0 aromatic rings. The zero-order chi connectivity index (χ0) is 11.5. The van der Waals surface area contributed by atoms with E-state index in [0.717, 1.165) is 25.9 Å². The number of aliphatic hydroxyl groups excluding tert-OH is 1. The van der Waals surface area contributed by atoms with Crippen LogP contribution in [0, 0.1) is 11.3 Å². The Morgan fingerprint density at radius 1 is 1.47 bits per heavy atom. The molecule has 1 aliphatic heterocycles. The van der Waals surface area contributed by atoms with Crippen LogP contribution in [0.15, 0.2) is 0 Å². The summed E-state index contributed by atoms with van der Waals surface area (Å²) in [6, 6.07) is 0. The lowest BCUT2D eigenvalue weighted by Gasteiger charge is -2.33. The largest absolute Gasteiger partial charge is 0.396 e. The number of likely N-dealkylation sites (tertiary alicyclic amines) is 1. The zero-order valence-electron chi connectivity index (χ0n) is 10.1. The number of carbonyl (C=O) groups excluding carboxylic acids is 1. The summed E-state index contributed by atoms with van der Waals surface area (Å²) in [5, 5.41) is 9.09. The van der Waals surface area contributed by atoms with Crippen LogP contribution in [0.3, 0.4) is 0 Å². The van der Waals surface area contributed by atoms with Crippen molar-refractivity contribution in [3.8, 4) is 0 Å². The molecule has 3 heteroatoms. The average Bonchev–Trinajstić information content (AvgIpc) is 2.15. The zero-order valence-corrected chi connectivity index (χ0v) is 10.1. The molecule has 1 saturated heterocycles. The Morgan fingerprint density at radius 2 is 2.13 bits per heavy atom. The minimum absolute atomic E-state index is 0.0588. The molecule has 88 valence electrons. The Kier molecular flexibility index (Phi) is 4.14. The number of hydrogen-bond acceptors (Lipinski definition) is 2. The highest BCUT2D eigenvalue weighted by atomic mass is 16.3. The summed E-state index contributed by atoms with van der Waals surface area (Å²) in [5.74, 6) is 0.531. The summed E-state index contributed by atoms with van der Waals surface area (Å²) >= 11 is 0. The molecule has 1 rings (SSSR count). The Bertz CT molecular complexity index is 220. The average molecular weight is 213 g/mol. The predicted octanol–water partition coefficient (Wildman–Crippen LogP) is 1.65. The van der Waals surface area contributed by atoms with Crippen molar-refractivity contribution < 1.29 is 9.90 Å². The van der Waals surface area contributed by atoms with E-state index in [1.54, 1.807) is 0 Å². The summed E-state index contributed by atoms with van der Waals surface area (Å²) in [5.41, 5.74) is 0.0588. The lowest BCUT2D eigenvalue weighted by molar-refractivity contribution is -0.135. The number of hydrogen-bond donors (Lipinski definition) is 1. The van der Waals surface area contributed by atoms with Gasteiger partial charge in [-0.3, -0.25) is 4.79 Å². The molecule has 15 heavy (non-hydrogen) atoms. The molecule has 1 heterocycles. The second-order valence-electron chi connectivity index (χ2n) is 5.77. The van der Waals surface area contributed by atoms with Crippen LogP contribution in [0.2, 0.25) is 0 Å². The first-order valence-electron chi connectivity index (χ1n) is 5.81. The van der Waals surface area contributed by atoms with Gasteiger partial charge in [0.05, 0.1) is 0 Å². The maximum Gasteiger partial charge on any atom is 0.223 e. The molecule has 1 aliphatic rings. The van der Waals surface area contributed by atoms with Gasteiger partial charge in [0.1, 0.15) is 0 Å². The molecule has 0 saturated carbocycles. The van der Waals surface area contributed by atoms with E-state index >= 15 is 0 Å². The van der Waals surface area contributed by atoms with Gasteiger partial charge in [-0.2, -0.15) is 0 Å². The van der Waals surface area contributed by atoms with Crippen LogP contribution in [0.5, 0.6) is 0 Å². The number of piperidine rings is 1. The summed E-state index contributed by atoms with van der Waals surface area (Å²) in [6.07, 6.45) is 2.68. The topological polar surface area (TPSA) is 40.5 Å². The Hall–Kier alpha value is -0.570. The number of rotatable bonds is 2. The predicted molar refractivity (Wildman–Crippen MR) is 60.5 cm³/mol. The Labute approximate surface area is 92.5 Å². The second-order valence-corrected chi connectivity index (χ2v) is 5.77. The van der Waals surface area contributed by atoms with Crippen LogP contribution in [-0.4, -0.2) is 35.6 Å². The summed E-state index contributed by atoms with van der Waals surface area (Å²) in [6.45, 7) is 8.06. The Balaban J connectivity index is 2.45. The van der Waals surface area contributed by atoms with E-state index in [2.05, 4.69) is 20.8 Å². The van der Waals surface area contributed by atoms with Gasteiger partial charge in [-0.15, -0.1) is 0 Å². The molecular weight excluding hydrogens is 190 g/mol. The highest BCUT2D eigenvalue weighted by molar-refractivity contribution is 5.76. The van der Waals surface area contributed by atoms with E-state index < -0.39 is 0 Å². The number of nitrogens with zero attached hydrogens (tertiary/aromatic N) is 1. The molecule has 0 aromatic heterocycles. The molecule has 0 radical (unpaired) electrons. The van der Waals surface area contributed by atoms with Crippen molar-refractivity contribution in [1.29, 1.82) is 0 Å². The number of amides is 1. The molecule has 0 aromatic carbocycles. The minimum atomic E-state index is 0.0588. The minimum Gasteiger partial charge on any atom is -0.396 e. The third-order valence-electron chi connectivity index (χ3n) is 2.81. The molecule has 0 spiro atoms. The highest BCUT2D eigenvalue weighted by Gasteiger charge is 2.25. The maximum absolute atomic E-state index is 11.9. The van der Waals surface area contributed by atoms with E-state index in [1.807, 2.05) is 4.90 Å². The molecule has 0 aliphatic carbocycles. The van der Waals surface area contributed by atoms with Gasteiger partial charge in [-0.25, -0.2) is 0 Å². The molecule has 1 amide bonds. The second kappa shape index (κ2) is 4.97. The first-order valence-corrected chi connectivity index (χ1v) is 5.81. The summed E-state index contributed by atoms with van der Waals surface area (Å²) < 4.78 is 0. The van der Waals surface area contributed by atoms with Crippen molar-refractivity contribution in [1.82, 2.24) is 4.90 Å². The highest BCUT2D eigenvalue weighted by Crippen LogP contribution is 2.23. The molecule has 0 bridgehead atoms. The molecule has 1 atom stereocenters. The van der Waals surface area contributed by atoms with Crippen LogP contribution in [0.25, 0.3) is 0 Å². The van der Waals surface area contributed by atoms with E-state index in [0.29, 0.717) is 12.3 Å². The van der Waals surface area contributed by atoms with E-state index in [-0.39, 0.29) is 17.9 Å². The van der Waals surface area contributed by atoms with Gasteiger partial charge in [0.25, 0.3) is 0 Å². The van der Waals surface area contributed by atoms with Crippen LogP contribution < -0.4 is 0 Å². The third kappa shape index (κ3) is 4.20. The van der Waals surface area contributed by atoms with Crippen molar-refractivity contribution in [3.63, 3.8) is 0 Å². The van der Waals surface area contributed by atoms with E-state index in [4.69, 9.17) is 5.11 Å². The van der Waals surface area contributed by atoms with Crippen molar-refractivity contribution in [2.75, 3.05) is 19.7 Å². The number of aliphatic hydroxyl groups is 1. The van der Waals surface area contributed by atoms with Crippen LogP contribution >= 0.6 is 0 Å². The first kappa shape index (κ1) is 12.5. The first-order chi connectivity index (χ1) is 6.92. The van der Waals surface area contributed by atoms with Crippen molar-refractivity contribution in [2.24, 2.45) is 11.3 Å². The molecule has 3 nitrogen and oxygen atoms in total. The molecule has 1 fully saturated rings. The Morgan fingerprint density at radius 3 is 2.67 bits per heavy atom. The van der Waals surface area contributed by atoms with Gasteiger partial charge < -0.3 is 10.0 Å². The quantitative estimate of drug-likeness (QED) is 0.757. The van der Waals surface area contributed by atoms with E-state index in [9.17, 15) is 4.79 Å². The van der Waals surface area contributed by atoms with Gasteiger partial charge >= 0.3 is 0 Å². The fourth-order valence-corrected chi connectivity index (χ4v) is 2.01. The van der Waals surface area contributed by atoms with Crippen LogP contribution in [0.4, 0.5) is 0 Å². The lowest BCUT2D eigenvalue weighted by atomic mass is 9.90. The maximum atomic E-state index is 11.9. The van der Waals surface area contributed by atoms with Gasteiger partial charge in [0.15, 0.2) is 0 Å². The van der Waals surface area contributed by atoms with Crippen LogP contribution in [-0.2, 0) is 4.79 Å². The van der Waals surface area contributed by atoms with Crippen LogP contribution in [0.1, 0.15) is 40.0 Å². The summed E-state index contributed by atoms with van der Waals surface area (Å²) in [4.78, 5) is 13.8. The van der Waals surface area contributed by atoms with Gasteiger partial charge in [-0.05, 0) is 24.2 Å². The van der Waals surface area contributed by atoms with Gasteiger partial charge in [0.2, 0.25) is 5.91 Å². The fourth-order valence-electron chi connectivity index (χ4n) is 2.01. The standard InChI is InChI=1S/C12H23NO2/c1-12(2,3)7-11(15)13-6-4-5-10(8-13)9-14/h10,14H,4-9H2,1-3H3. The monoisotopic (exact) mass is 213 g/mol.